The molecule has 7 heteroatoms. The molecule has 2 N–H and O–H groups in total. The molecule has 23 heavy (non-hydrogen) atoms. The van der Waals surface area contributed by atoms with Gasteiger partial charge in [0.05, 0.1) is 17.0 Å². The molecule has 0 spiro atoms. The normalized spacial score (nSPS) is 10.2. The molecule has 7 nitrogen and oxygen atoms in total. The summed E-state index contributed by atoms with van der Waals surface area (Å²) in [5.74, 6) is -0.0561. The van der Waals surface area contributed by atoms with Crippen LogP contribution in [-0.4, -0.2) is 27.4 Å². The Morgan fingerprint density at radius 2 is 2.13 bits per heavy atom. The van der Waals surface area contributed by atoms with Crippen molar-refractivity contribution in [1.29, 1.82) is 5.26 Å². The highest BCUT2D eigenvalue weighted by molar-refractivity contribution is 6.07. The van der Waals surface area contributed by atoms with E-state index in [9.17, 15) is 4.79 Å². The van der Waals surface area contributed by atoms with E-state index in [2.05, 4.69) is 20.3 Å². The molecule has 3 aromatic rings. The highest BCUT2D eigenvalue weighted by atomic mass is 16.5. The fourth-order valence-electron chi connectivity index (χ4n) is 2.16. The van der Waals surface area contributed by atoms with Crippen LogP contribution >= 0.6 is 0 Å². The van der Waals surface area contributed by atoms with Crippen LogP contribution in [0.5, 0.6) is 5.88 Å². The number of nitrogens with one attached hydrogen (secondary N) is 2. The summed E-state index contributed by atoms with van der Waals surface area (Å²) < 4.78 is 5.74. The van der Waals surface area contributed by atoms with Crippen LogP contribution in [0.25, 0.3) is 11.0 Å². The van der Waals surface area contributed by atoms with Crippen LogP contribution < -0.4 is 10.1 Å². The van der Waals surface area contributed by atoms with Crippen molar-refractivity contribution >= 4 is 16.9 Å². The van der Waals surface area contributed by atoms with Gasteiger partial charge in [0, 0.05) is 6.20 Å². The van der Waals surface area contributed by atoms with E-state index in [0.717, 1.165) is 5.56 Å². The summed E-state index contributed by atoms with van der Waals surface area (Å²) in [5, 5.41) is 11.6. The van der Waals surface area contributed by atoms with Gasteiger partial charge in [-0.3, -0.25) is 4.79 Å². The predicted molar refractivity (Wildman–Crippen MR) is 82.6 cm³/mol. The highest BCUT2D eigenvalue weighted by Gasteiger charge is 2.17. The molecule has 0 aliphatic heterocycles. The van der Waals surface area contributed by atoms with Crippen LogP contribution in [0.15, 0.2) is 42.9 Å². The third-order valence-electron chi connectivity index (χ3n) is 3.23. The van der Waals surface area contributed by atoms with Crippen molar-refractivity contribution in [3.05, 3.63) is 54.0 Å². The van der Waals surface area contributed by atoms with E-state index in [4.69, 9.17) is 10.00 Å². The van der Waals surface area contributed by atoms with Gasteiger partial charge in [0.25, 0.3) is 5.91 Å². The lowest BCUT2D eigenvalue weighted by atomic mass is 10.2. The van der Waals surface area contributed by atoms with Crippen molar-refractivity contribution in [2.45, 2.75) is 6.61 Å². The largest absolute Gasteiger partial charge is 0.472 e. The Labute approximate surface area is 131 Å². The lowest BCUT2D eigenvalue weighted by molar-refractivity contribution is 0.0960. The Bertz CT molecular complexity index is 867. The maximum absolute atomic E-state index is 12.1. The Morgan fingerprint density at radius 3 is 2.91 bits per heavy atom. The van der Waals surface area contributed by atoms with Gasteiger partial charge in [-0.25, -0.2) is 9.97 Å². The van der Waals surface area contributed by atoms with Crippen LogP contribution in [0.1, 0.15) is 15.9 Å². The van der Waals surface area contributed by atoms with Crippen LogP contribution in [-0.2, 0) is 6.61 Å². The number of ether oxygens (including phenoxy) is 1. The van der Waals surface area contributed by atoms with Crippen molar-refractivity contribution < 1.29 is 9.53 Å². The standard InChI is InChI=1S/C16H13N5O2/c17-6-7-18-15(22)12-8-19-14-13(12)16(21-10-20-14)23-9-11-4-2-1-3-5-11/h1-5,8,10H,7,9H2,(H,18,22)(H,19,20,21). The topological polar surface area (TPSA) is 104 Å². The maximum Gasteiger partial charge on any atom is 0.254 e. The van der Waals surface area contributed by atoms with Crippen molar-refractivity contribution in [1.82, 2.24) is 20.3 Å². The third-order valence-corrected chi connectivity index (χ3v) is 3.23. The second-order valence-corrected chi connectivity index (χ2v) is 4.72. The highest BCUT2D eigenvalue weighted by Crippen LogP contribution is 2.25. The molecule has 2 aromatic heterocycles. The monoisotopic (exact) mass is 307 g/mol. The molecule has 3 rings (SSSR count). The molecule has 0 unspecified atom stereocenters. The summed E-state index contributed by atoms with van der Waals surface area (Å²) in [5.41, 5.74) is 1.84. The Hall–Kier alpha value is -3.40. The number of aromatic amines is 1. The zero-order chi connectivity index (χ0) is 16.1. The van der Waals surface area contributed by atoms with Crippen molar-refractivity contribution in [2.24, 2.45) is 0 Å². The zero-order valence-electron chi connectivity index (χ0n) is 12.1. The zero-order valence-corrected chi connectivity index (χ0v) is 12.1. The van der Waals surface area contributed by atoms with Crippen molar-refractivity contribution in [3.63, 3.8) is 0 Å². The van der Waals surface area contributed by atoms with Gasteiger partial charge in [0.2, 0.25) is 5.88 Å². The first-order valence-corrected chi connectivity index (χ1v) is 6.93. The van der Waals surface area contributed by atoms with E-state index in [0.29, 0.717) is 29.1 Å². The van der Waals surface area contributed by atoms with Gasteiger partial charge < -0.3 is 15.0 Å². The van der Waals surface area contributed by atoms with Crippen LogP contribution in [0.2, 0.25) is 0 Å². The number of carbonyl (C=O) groups is 1. The summed E-state index contributed by atoms with van der Waals surface area (Å²) in [6, 6.07) is 11.5. The molecule has 0 radical (unpaired) electrons. The maximum atomic E-state index is 12.1. The molecular weight excluding hydrogens is 294 g/mol. The summed E-state index contributed by atoms with van der Waals surface area (Å²) in [4.78, 5) is 23.2. The van der Waals surface area contributed by atoms with Crippen LogP contribution in [0.4, 0.5) is 0 Å². The molecule has 1 amide bonds. The molecule has 114 valence electrons. The first-order chi connectivity index (χ1) is 11.3. The number of aromatic nitrogens is 3. The van der Waals surface area contributed by atoms with Crippen molar-refractivity contribution in [3.8, 4) is 11.9 Å². The number of fused-ring (bicyclic) bond motifs is 1. The van der Waals surface area contributed by atoms with Gasteiger partial charge in [-0.1, -0.05) is 30.3 Å². The van der Waals surface area contributed by atoms with E-state index >= 15 is 0 Å². The smallest absolute Gasteiger partial charge is 0.254 e. The molecule has 2 heterocycles. The number of hydrogen-bond acceptors (Lipinski definition) is 5. The van der Waals surface area contributed by atoms with Crippen LogP contribution in [0.3, 0.4) is 0 Å². The molecule has 0 fully saturated rings. The molecular formula is C16H13N5O2. The second kappa shape index (κ2) is 6.58. The minimum atomic E-state index is -0.378. The molecule has 0 bridgehead atoms. The van der Waals surface area contributed by atoms with Gasteiger partial charge in [-0.15, -0.1) is 0 Å². The fraction of sp³-hybridized carbons (Fsp3) is 0.125. The van der Waals surface area contributed by atoms with Gasteiger partial charge in [-0.05, 0) is 5.56 Å². The van der Waals surface area contributed by atoms with E-state index in [1.807, 2.05) is 36.4 Å². The number of nitrogens with zero attached hydrogens (tertiary/aromatic N) is 3. The number of rotatable bonds is 5. The Kier molecular flexibility index (Phi) is 4.16. The first-order valence-electron chi connectivity index (χ1n) is 6.93. The summed E-state index contributed by atoms with van der Waals surface area (Å²) in [6.07, 6.45) is 2.90. The first kappa shape index (κ1) is 14.5. The van der Waals surface area contributed by atoms with E-state index < -0.39 is 0 Å². The summed E-state index contributed by atoms with van der Waals surface area (Å²) in [6.45, 7) is 0.261. The van der Waals surface area contributed by atoms with E-state index in [-0.39, 0.29) is 12.5 Å². The number of H-pyrrole nitrogens is 1. The lowest BCUT2D eigenvalue weighted by Gasteiger charge is -2.07. The molecule has 0 aliphatic carbocycles. The average molecular weight is 307 g/mol. The number of benzene rings is 1. The SMILES string of the molecule is N#CCNC(=O)c1c[nH]c2ncnc(OCc3ccccc3)c12. The molecule has 0 saturated carbocycles. The van der Waals surface area contributed by atoms with Gasteiger partial charge in [-0.2, -0.15) is 5.26 Å². The lowest BCUT2D eigenvalue weighted by Crippen LogP contribution is -2.23. The number of nitriles is 1. The van der Waals surface area contributed by atoms with Gasteiger partial charge in [0.15, 0.2) is 0 Å². The fourth-order valence-corrected chi connectivity index (χ4v) is 2.16. The minimum absolute atomic E-state index is 0.0700. The summed E-state index contributed by atoms with van der Waals surface area (Å²) >= 11 is 0. The molecule has 1 aromatic carbocycles. The quantitative estimate of drug-likeness (QED) is 0.699. The predicted octanol–water partition coefficient (Wildman–Crippen LogP) is 1.79. The van der Waals surface area contributed by atoms with E-state index in [1.54, 1.807) is 0 Å². The molecule has 0 aliphatic rings. The molecule has 0 atom stereocenters. The number of carbonyl (C=O) groups excluding carboxylic acids is 1. The number of amides is 1. The minimum Gasteiger partial charge on any atom is -0.472 e. The third kappa shape index (κ3) is 3.11. The van der Waals surface area contributed by atoms with Gasteiger partial charge in [0.1, 0.15) is 25.1 Å². The van der Waals surface area contributed by atoms with Crippen LogP contribution in [0, 0.1) is 11.3 Å². The van der Waals surface area contributed by atoms with Gasteiger partial charge >= 0.3 is 0 Å². The molecule has 0 saturated heterocycles. The second-order valence-electron chi connectivity index (χ2n) is 4.72. The Morgan fingerprint density at radius 1 is 1.30 bits per heavy atom. The average Bonchev–Trinajstić information content (AvgIpc) is 3.03. The van der Waals surface area contributed by atoms with Crippen molar-refractivity contribution in [2.75, 3.05) is 6.54 Å². The number of hydrogen-bond donors (Lipinski definition) is 2. The summed E-state index contributed by atoms with van der Waals surface area (Å²) in [7, 11) is 0. The Balaban J connectivity index is 1.89. The van der Waals surface area contributed by atoms with E-state index in [1.165, 1.54) is 12.5 Å².